The fourth-order valence-corrected chi connectivity index (χ4v) is 4.83. The van der Waals surface area contributed by atoms with Crippen LogP contribution in [0.2, 0.25) is 0 Å². The van der Waals surface area contributed by atoms with E-state index in [1.807, 2.05) is 6.08 Å². The normalized spacial score (nSPS) is 32.4. The molecule has 2 atom stereocenters. The van der Waals surface area contributed by atoms with E-state index in [1.165, 1.54) is 12.8 Å². The second-order valence-corrected chi connectivity index (χ2v) is 7.75. The Morgan fingerprint density at radius 2 is 1.94 bits per heavy atom. The van der Waals surface area contributed by atoms with Gasteiger partial charge in [-0.15, -0.1) is 6.58 Å². The van der Waals surface area contributed by atoms with Crippen molar-refractivity contribution in [1.29, 1.82) is 0 Å². The zero-order valence-electron chi connectivity index (χ0n) is 10.6. The first-order valence-corrected chi connectivity index (χ1v) is 8.41. The topological polar surface area (TPSA) is 37.4 Å². The summed E-state index contributed by atoms with van der Waals surface area (Å²) in [7, 11) is -2.74. The molecule has 2 unspecified atom stereocenters. The number of rotatable bonds is 3. The molecule has 2 fully saturated rings. The fourth-order valence-electron chi connectivity index (χ4n) is 3.07. The summed E-state index contributed by atoms with van der Waals surface area (Å²) in [5.41, 5.74) is 0. The molecule has 0 spiro atoms. The maximum absolute atomic E-state index is 11.5. The van der Waals surface area contributed by atoms with Gasteiger partial charge in [-0.2, -0.15) is 0 Å². The molecule has 2 heterocycles. The maximum atomic E-state index is 11.5. The molecule has 2 saturated heterocycles. The molecule has 0 radical (unpaired) electrons. The van der Waals surface area contributed by atoms with Gasteiger partial charge < -0.3 is 0 Å². The summed E-state index contributed by atoms with van der Waals surface area (Å²) >= 11 is 0. The van der Waals surface area contributed by atoms with E-state index >= 15 is 0 Å². The van der Waals surface area contributed by atoms with Crippen molar-refractivity contribution in [3.63, 3.8) is 0 Å². The zero-order chi connectivity index (χ0) is 12.5. The van der Waals surface area contributed by atoms with Crippen LogP contribution in [0.3, 0.4) is 0 Å². The van der Waals surface area contributed by atoms with E-state index in [1.54, 1.807) is 0 Å². The van der Waals surface area contributed by atoms with E-state index in [2.05, 4.69) is 18.4 Å². The number of hydrogen-bond acceptors (Lipinski definition) is 3. The number of piperidine rings is 1. The van der Waals surface area contributed by atoms with Crippen LogP contribution in [0, 0.1) is 11.8 Å². The summed E-state index contributed by atoms with van der Waals surface area (Å²) < 4.78 is 22.9. The Bertz CT molecular complexity index is 369. The van der Waals surface area contributed by atoms with Crippen molar-refractivity contribution in [3.05, 3.63) is 12.7 Å². The fraction of sp³-hybridized carbons (Fsp3) is 0.846. The van der Waals surface area contributed by atoms with Crippen molar-refractivity contribution >= 4 is 9.84 Å². The number of allylic oxidation sites excluding steroid dienone is 1. The number of likely N-dealkylation sites (tertiary alicyclic amines) is 1. The van der Waals surface area contributed by atoms with Gasteiger partial charge in [-0.25, -0.2) is 8.42 Å². The van der Waals surface area contributed by atoms with Gasteiger partial charge in [0.05, 0.1) is 11.5 Å². The molecule has 0 N–H and O–H groups in total. The highest BCUT2D eigenvalue weighted by atomic mass is 32.2. The van der Waals surface area contributed by atoms with Gasteiger partial charge in [0.2, 0.25) is 0 Å². The highest BCUT2D eigenvalue weighted by Gasteiger charge is 2.34. The Kier molecular flexibility index (Phi) is 3.93. The summed E-state index contributed by atoms with van der Waals surface area (Å²) in [6.07, 6.45) is 5.25. The van der Waals surface area contributed by atoms with Gasteiger partial charge >= 0.3 is 0 Å². The van der Waals surface area contributed by atoms with Crippen LogP contribution >= 0.6 is 0 Å². The molecular formula is C13H23NO2S. The third-order valence-corrected chi connectivity index (χ3v) is 6.16. The zero-order valence-corrected chi connectivity index (χ0v) is 11.5. The Hall–Kier alpha value is -0.350. The molecule has 0 aromatic heterocycles. The van der Waals surface area contributed by atoms with Crippen LogP contribution in [-0.4, -0.2) is 44.0 Å². The molecule has 0 amide bonds. The summed E-state index contributed by atoms with van der Waals surface area (Å²) in [6.45, 7) is 8.21. The van der Waals surface area contributed by atoms with E-state index < -0.39 is 9.84 Å². The van der Waals surface area contributed by atoms with Gasteiger partial charge in [-0.05, 0) is 44.2 Å². The third-order valence-electron chi connectivity index (χ3n) is 4.41. The van der Waals surface area contributed by atoms with Crippen LogP contribution in [0.15, 0.2) is 12.7 Å². The molecule has 0 aromatic carbocycles. The monoisotopic (exact) mass is 257 g/mol. The van der Waals surface area contributed by atoms with E-state index in [4.69, 9.17) is 0 Å². The molecule has 2 aliphatic rings. The lowest BCUT2D eigenvalue weighted by atomic mass is 9.85. The van der Waals surface area contributed by atoms with Crippen molar-refractivity contribution < 1.29 is 8.42 Å². The van der Waals surface area contributed by atoms with Gasteiger partial charge in [0.1, 0.15) is 0 Å². The van der Waals surface area contributed by atoms with Crippen LogP contribution in [0.25, 0.3) is 0 Å². The van der Waals surface area contributed by atoms with Gasteiger partial charge in [-0.1, -0.05) is 13.0 Å². The van der Waals surface area contributed by atoms with E-state index in [-0.39, 0.29) is 0 Å². The van der Waals surface area contributed by atoms with Gasteiger partial charge in [0.25, 0.3) is 0 Å². The highest BCUT2D eigenvalue weighted by Crippen LogP contribution is 2.28. The minimum atomic E-state index is -2.74. The molecule has 0 saturated carbocycles. The van der Waals surface area contributed by atoms with Crippen LogP contribution < -0.4 is 0 Å². The minimum Gasteiger partial charge on any atom is -0.299 e. The summed E-state index contributed by atoms with van der Waals surface area (Å²) in [5.74, 6) is 2.10. The molecule has 0 aliphatic carbocycles. The molecule has 17 heavy (non-hydrogen) atoms. The number of nitrogens with zero attached hydrogens (tertiary/aromatic N) is 1. The SMILES string of the molecule is C=CC(C)C1CCN(C2CCS(=O)(=O)C2)CC1. The van der Waals surface area contributed by atoms with E-state index in [9.17, 15) is 8.42 Å². The summed E-state index contributed by atoms with van der Waals surface area (Å²) in [4.78, 5) is 2.39. The Morgan fingerprint density at radius 1 is 1.29 bits per heavy atom. The Morgan fingerprint density at radius 3 is 2.41 bits per heavy atom. The largest absolute Gasteiger partial charge is 0.299 e. The van der Waals surface area contributed by atoms with Gasteiger partial charge in [0.15, 0.2) is 9.84 Å². The van der Waals surface area contributed by atoms with Crippen molar-refractivity contribution in [1.82, 2.24) is 4.90 Å². The third kappa shape index (κ3) is 3.10. The van der Waals surface area contributed by atoms with Crippen LogP contribution in [-0.2, 0) is 9.84 Å². The Balaban J connectivity index is 1.85. The molecule has 4 heteroatoms. The predicted octanol–water partition coefficient (Wildman–Crippen LogP) is 1.71. The maximum Gasteiger partial charge on any atom is 0.151 e. The van der Waals surface area contributed by atoms with Crippen molar-refractivity contribution in [2.75, 3.05) is 24.6 Å². The Labute approximate surface area is 105 Å². The van der Waals surface area contributed by atoms with Gasteiger partial charge in [0, 0.05) is 6.04 Å². The molecular weight excluding hydrogens is 234 g/mol. The van der Waals surface area contributed by atoms with Crippen molar-refractivity contribution in [2.24, 2.45) is 11.8 Å². The number of sulfone groups is 1. The summed E-state index contributed by atoms with van der Waals surface area (Å²) in [6, 6.07) is 0.292. The highest BCUT2D eigenvalue weighted by molar-refractivity contribution is 7.91. The first-order valence-electron chi connectivity index (χ1n) is 6.59. The quantitative estimate of drug-likeness (QED) is 0.722. The lowest BCUT2D eigenvalue weighted by molar-refractivity contribution is 0.130. The molecule has 2 rings (SSSR count). The molecule has 0 aromatic rings. The average molecular weight is 257 g/mol. The summed E-state index contributed by atoms with van der Waals surface area (Å²) in [5, 5.41) is 0. The first kappa shape index (κ1) is 13.1. The lowest BCUT2D eigenvalue weighted by Gasteiger charge is -2.37. The molecule has 2 aliphatic heterocycles. The van der Waals surface area contributed by atoms with Crippen LogP contribution in [0.5, 0.6) is 0 Å². The second-order valence-electron chi connectivity index (χ2n) is 5.53. The van der Waals surface area contributed by atoms with Crippen LogP contribution in [0.1, 0.15) is 26.2 Å². The molecule has 0 bridgehead atoms. The van der Waals surface area contributed by atoms with Crippen molar-refractivity contribution in [3.8, 4) is 0 Å². The standard InChI is InChI=1S/C13H23NO2S/c1-3-11(2)12-4-7-14(8-5-12)13-6-9-17(15,16)10-13/h3,11-13H,1,4-10H2,2H3. The van der Waals surface area contributed by atoms with E-state index in [0.29, 0.717) is 23.5 Å². The minimum absolute atomic E-state index is 0.292. The second kappa shape index (κ2) is 5.11. The smallest absolute Gasteiger partial charge is 0.151 e. The van der Waals surface area contributed by atoms with E-state index in [0.717, 1.165) is 25.4 Å². The lowest BCUT2D eigenvalue weighted by Crippen LogP contribution is -2.42. The average Bonchev–Trinajstić information content (AvgIpc) is 2.69. The van der Waals surface area contributed by atoms with Gasteiger partial charge in [-0.3, -0.25) is 4.90 Å². The molecule has 98 valence electrons. The van der Waals surface area contributed by atoms with Crippen LogP contribution in [0.4, 0.5) is 0 Å². The predicted molar refractivity (Wildman–Crippen MR) is 70.7 cm³/mol. The number of hydrogen-bond donors (Lipinski definition) is 0. The molecule has 3 nitrogen and oxygen atoms in total. The first-order chi connectivity index (χ1) is 8.02. The van der Waals surface area contributed by atoms with Crippen molar-refractivity contribution in [2.45, 2.75) is 32.2 Å².